The summed E-state index contributed by atoms with van der Waals surface area (Å²) in [6.45, 7) is 2.12. The molecule has 1 aromatic heterocycles. The van der Waals surface area contributed by atoms with Crippen LogP contribution in [-0.2, 0) is 0 Å². The van der Waals surface area contributed by atoms with Crippen LogP contribution in [0.5, 0.6) is 0 Å². The average molecular weight is 268 g/mol. The maximum absolute atomic E-state index is 3.53. The van der Waals surface area contributed by atoms with Crippen LogP contribution in [-0.4, -0.2) is 0 Å². The Morgan fingerprint density at radius 1 is 1.29 bits per heavy atom. The molecule has 1 nitrogen and oxygen atoms in total. The van der Waals surface area contributed by atoms with Crippen LogP contribution in [0.4, 0.5) is 0 Å². The number of thiophene rings is 1. The van der Waals surface area contributed by atoms with E-state index in [1.807, 2.05) is 24.4 Å². The smallest absolute Gasteiger partial charge is 0.0734 e. The number of hydrogen-bond donors (Lipinski definition) is 1. The summed E-state index contributed by atoms with van der Waals surface area (Å²) in [5.74, 6) is 0. The molecule has 0 spiro atoms. The zero-order chi connectivity index (χ0) is 9.97. The van der Waals surface area contributed by atoms with Crippen molar-refractivity contribution in [2.75, 3.05) is 0 Å². The average Bonchev–Trinajstić information content (AvgIpc) is 2.47. The first-order valence-corrected chi connectivity index (χ1v) is 6.00. The van der Waals surface area contributed by atoms with Gasteiger partial charge in [-0.15, -0.1) is 11.3 Å². The molecule has 0 bridgehead atoms. The molecule has 0 amide bonds. The third-order valence-corrected chi connectivity index (χ3v) is 4.11. The van der Waals surface area contributed by atoms with Crippen LogP contribution in [0.15, 0.2) is 39.7 Å². The standard InChI is InChI=1S/C11H10BrNS/c1-8-9(7-14-11(8)12)10-5-3-2-4-6-13-10/h2-7,13H,1H3. The highest BCUT2D eigenvalue weighted by molar-refractivity contribution is 9.11. The fourth-order valence-corrected chi connectivity index (χ4v) is 2.59. The second-order valence-electron chi connectivity index (χ2n) is 3.02. The largest absolute Gasteiger partial charge is 0.361 e. The molecule has 0 atom stereocenters. The van der Waals surface area contributed by atoms with Gasteiger partial charge in [0.05, 0.1) is 3.79 Å². The third-order valence-electron chi connectivity index (χ3n) is 2.09. The Bertz CT molecular complexity index is 426. The lowest BCUT2D eigenvalue weighted by Gasteiger charge is -2.05. The van der Waals surface area contributed by atoms with Gasteiger partial charge in [-0.05, 0) is 40.6 Å². The lowest BCUT2D eigenvalue weighted by atomic mass is 10.1. The van der Waals surface area contributed by atoms with E-state index >= 15 is 0 Å². The van der Waals surface area contributed by atoms with Crippen LogP contribution < -0.4 is 5.32 Å². The first-order valence-electron chi connectivity index (χ1n) is 4.33. The highest BCUT2D eigenvalue weighted by atomic mass is 79.9. The van der Waals surface area contributed by atoms with E-state index in [1.165, 1.54) is 14.9 Å². The van der Waals surface area contributed by atoms with Crippen molar-refractivity contribution in [3.8, 4) is 0 Å². The van der Waals surface area contributed by atoms with E-state index in [-0.39, 0.29) is 0 Å². The highest BCUT2D eigenvalue weighted by Gasteiger charge is 2.08. The van der Waals surface area contributed by atoms with Crippen LogP contribution in [0.1, 0.15) is 11.1 Å². The molecule has 2 heterocycles. The molecule has 14 heavy (non-hydrogen) atoms. The predicted molar refractivity (Wildman–Crippen MR) is 66.1 cm³/mol. The van der Waals surface area contributed by atoms with Gasteiger partial charge in [-0.2, -0.15) is 0 Å². The molecule has 0 fully saturated rings. The molecule has 1 aromatic rings. The third kappa shape index (κ3) is 1.83. The fourth-order valence-electron chi connectivity index (χ4n) is 1.28. The van der Waals surface area contributed by atoms with Gasteiger partial charge in [0.15, 0.2) is 0 Å². The topological polar surface area (TPSA) is 12.0 Å². The lowest BCUT2D eigenvalue weighted by molar-refractivity contribution is 1.21. The van der Waals surface area contributed by atoms with E-state index in [1.54, 1.807) is 11.3 Å². The predicted octanol–water partition coefficient (Wildman–Crippen LogP) is 3.83. The minimum Gasteiger partial charge on any atom is -0.361 e. The SMILES string of the molecule is Cc1c(C2=CC=CC=CN2)csc1Br. The van der Waals surface area contributed by atoms with E-state index in [9.17, 15) is 0 Å². The number of hydrogen-bond acceptors (Lipinski definition) is 2. The summed E-state index contributed by atoms with van der Waals surface area (Å²) in [6.07, 6.45) is 10.1. The summed E-state index contributed by atoms with van der Waals surface area (Å²) in [7, 11) is 0. The van der Waals surface area contributed by atoms with Crippen LogP contribution >= 0.6 is 27.3 Å². The van der Waals surface area contributed by atoms with Crippen LogP contribution in [0, 0.1) is 6.92 Å². The van der Waals surface area contributed by atoms with E-state index in [0.29, 0.717) is 0 Å². The van der Waals surface area contributed by atoms with Crippen molar-refractivity contribution in [1.29, 1.82) is 0 Å². The second-order valence-corrected chi connectivity index (χ2v) is 5.21. The fraction of sp³-hybridized carbons (Fsp3) is 0.0909. The van der Waals surface area contributed by atoms with Gasteiger partial charge >= 0.3 is 0 Å². The number of nitrogens with one attached hydrogen (secondary N) is 1. The lowest BCUT2D eigenvalue weighted by Crippen LogP contribution is -2.02. The molecule has 3 heteroatoms. The van der Waals surface area contributed by atoms with Crippen molar-refractivity contribution in [2.45, 2.75) is 6.92 Å². The van der Waals surface area contributed by atoms with Crippen molar-refractivity contribution < 1.29 is 0 Å². The molecular formula is C11H10BrNS. The van der Waals surface area contributed by atoms with Crippen LogP contribution in [0.25, 0.3) is 5.70 Å². The molecule has 0 aliphatic carbocycles. The summed E-state index contributed by atoms with van der Waals surface area (Å²) < 4.78 is 1.20. The number of halogens is 1. The van der Waals surface area contributed by atoms with Crippen molar-refractivity contribution >= 4 is 33.0 Å². The Morgan fingerprint density at radius 3 is 2.86 bits per heavy atom. The first-order chi connectivity index (χ1) is 6.79. The number of rotatable bonds is 1. The van der Waals surface area contributed by atoms with Gasteiger partial charge in [-0.3, -0.25) is 0 Å². The minimum atomic E-state index is 1.15. The van der Waals surface area contributed by atoms with Gasteiger partial charge in [-0.1, -0.05) is 12.2 Å². The van der Waals surface area contributed by atoms with E-state index in [0.717, 1.165) is 5.70 Å². The molecular weight excluding hydrogens is 258 g/mol. The molecule has 2 rings (SSSR count). The summed E-state index contributed by atoms with van der Waals surface area (Å²) in [4.78, 5) is 0. The molecule has 1 aliphatic rings. The Balaban J connectivity index is 2.40. The zero-order valence-corrected chi connectivity index (χ0v) is 10.2. The van der Waals surface area contributed by atoms with E-state index < -0.39 is 0 Å². The highest BCUT2D eigenvalue weighted by Crippen LogP contribution is 2.31. The molecule has 1 N–H and O–H groups in total. The summed E-state index contributed by atoms with van der Waals surface area (Å²) in [5.41, 5.74) is 3.70. The van der Waals surface area contributed by atoms with Crippen LogP contribution in [0.3, 0.4) is 0 Å². The van der Waals surface area contributed by atoms with Gasteiger partial charge < -0.3 is 5.32 Å². The van der Waals surface area contributed by atoms with Crippen molar-refractivity contribution in [3.63, 3.8) is 0 Å². The first kappa shape index (κ1) is 9.74. The van der Waals surface area contributed by atoms with E-state index in [2.05, 4.69) is 39.6 Å². The van der Waals surface area contributed by atoms with Crippen molar-refractivity contribution in [3.05, 3.63) is 50.8 Å². The molecule has 0 saturated carbocycles. The van der Waals surface area contributed by atoms with Gasteiger partial charge in [-0.25, -0.2) is 0 Å². The van der Waals surface area contributed by atoms with E-state index in [4.69, 9.17) is 0 Å². The quantitative estimate of drug-likeness (QED) is 0.816. The molecule has 0 radical (unpaired) electrons. The van der Waals surface area contributed by atoms with Crippen molar-refractivity contribution in [1.82, 2.24) is 5.32 Å². The minimum absolute atomic E-state index is 1.15. The van der Waals surface area contributed by atoms with Gasteiger partial charge in [0.25, 0.3) is 0 Å². The molecule has 1 aliphatic heterocycles. The summed E-state index contributed by atoms with van der Waals surface area (Å²) in [5, 5.41) is 5.41. The Hall–Kier alpha value is -0.800. The Labute approximate surface area is 96.0 Å². The van der Waals surface area contributed by atoms with Gasteiger partial charge in [0.1, 0.15) is 0 Å². The van der Waals surface area contributed by atoms with Gasteiger partial charge in [0.2, 0.25) is 0 Å². The maximum atomic E-state index is 3.53. The second kappa shape index (κ2) is 4.15. The van der Waals surface area contributed by atoms with Gasteiger partial charge in [0, 0.05) is 22.8 Å². The molecule has 72 valence electrons. The molecule has 0 aromatic carbocycles. The Kier molecular flexibility index (Phi) is 2.89. The molecule has 0 unspecified atom stereocenters. The summed E-state index contributed by atoms with van der Waals surface area (Å²) >= 11 is 5.25. The number of allylic oxidation sites excluding steroid dienone is 4. The monoisotopic (exact) mass is 267 g/mol. The maximum Gasteiger partial charge on any atom is 0.0734 e. The van der Waals surface area contributed by atoms with Crippen molar-refractivity contribution in [2.24, 2.45) is 0 Å². The molecule has 0 saturated heterocycles. The Morgan fingerprint density at radius 2 is 2.14 bits per heavy atom. The zero-order valence-electron chi connectivity index (χ0n) is 7.75. The summed E-state index contributed by atoms with van der Waals surface area (Å²) in [6, 6.07) is 0. The normalized spacial score (nSPS) is 14.9. The van der Waals surface area contributed by atoms with Crippen LogP contribution in [0.2, 0.25) is 0 Å².